The molecular weight excluding hydrogens is 385 g/mol. The van der Waals surface area contributed by atoms with E-state index in [1.54, 1.807) is 32.2 Å². The van der Waals surface area contributed by atoms with Crippen molar-refractivity contribution in [1.82, 2.24) is 4.90 Å². The maximum atomic E-state index is 12.6. The van der Waals surface area contributed by atoms with Gasteiger partial charge in [-0.2, -0.15) is 13.2 Å². The monoisotopic (exact) mass is 406 g/mol. The second-order valence-corrected chi connectivity index (χ2v) is 6.91. The standard InChI is InChI=1S/C21H21F3N2O3/c1-14-20(28)26(17-5-3-4-6-18(17)29-14)12-11-19(27)25(2)13-15-7-9-16(10-8-15)21(22,23)24/h3-10,14H,11-13H2,1-2H3. The van der Waals surface area contributed by atoms with Crippen LogP contribution in [0.3, 0.4) is 0 Å². The molecule has 2 aromatic carbocycles. The molecule has 0 aliphatic carbocycles. The lowest BCUT2D eigenvalue weighted by molar-refractivity contribution is -0.137. The van der Waals surface area contributed by atoms with Gasteiger partial charge in [-0.15, -0.1) is 0 Å². The molecule has 0 bridgehead atoms. The molecule has 0 aromatic heterocycles. The zero-order valence-corrected chi connectivity index (χ0v) is 16.1. The van der Waals surface area contributed by atoms with Gasteiger partial charge in [0.15, 0.2) is 6.10 Å². The van der Waals surface area contributed by atoms with E-state index in [1.807, 2.05) is 6.07 Å². The normalized spacial score (nSPS) is 16.2. The van der Waals surface area contributed by atoms with Gasteiger partial charge >= 0.3 is 6.18 Å². The van der Waals surface area contributed by atoms with Crippen LogP contribution in [0.4, 0.5) is 18.9 Å². The van der Waals surface area contributed by atoms with Crippen LogP contribution < -0.4 is 9.64 Å². The van der Waals surface area contributed by atoms with Crippen LogP contribution >= 0.6 is 0 Å². The van der Waals surface area contributed by atoms with Gasteiger partial charge < -0.3 is 14.5 Å². The Morgan fingerprint density at radius 2 is 1.79 bits per heavy atom. The molecule has 2 aromatic rings. The largest absolute Gasteiger partial charge is 0.479 e. The van der Waals surface area contributed by atoms with Crippen molar-refractivity contribution in [2.75, 3.05) is 18.5 Å². The van der Waals surface area contributed by atoms with E-state index < -0.39 is 17.8 Å². The number of alkyl halides is 3. The number of para-hydroxylation sites is 2. The van der Waals surface area contributed by atoms with E-state index in [2.05, 4.69) is 0 Å². The summed E-state index contributed by atoms with van der Waals surface area (Å²) in [4.78, 5) is 27.9. The smallest absolute Gasteiger partial charge is 0.416 e. The lowest BCUT2D eigenvalue weighted by Crippen LogP contribution is -2.45. The van der Waals surface area contributed by atoms with E-state index in [9.17, 15) is 22.8 Å². The van der Waals surface area contributed by atoms with Crippen LogP contribution in [0.2, 0.25) is 0 Å². The molecule has 0 saturated carbocycles. The first-order valence-corrected chi connectivity index (χ1v) is 9.14. The maximum Gasteiger partial charge on any atom is 0.416 e. The van der Waals surface area contributed by atoms with Crippen LogP contribution in [0.25, 0.3) is 0 Å². The third-order valence-electron chi connectivity index (χ3n) is 4.75. The maximum absolute atomic E-state index is 12.6. The lowest BCUT2D eigenvalue weighted by Gasteiger charge is -2.33. The molecule has 1 heterocycles. The number of benzene rings is 2. The van der Waals surface area contributed by atoms with Crippen molar-refractivity contribution in [3.05, 3.63) is 59.7 Å². The lowest BCUT2D eigenvalue weighted by atomic mass is 10.1. The summed E-state index contributed by atoms with van der Waals surface area (Å²) in [5.74, 6) is 0.154. The summed E-state index contributed by atoms with van der Waals surface area (Å²) in [7, 11) is 1.58. The Balaban J connectivity index is 1.61. The summed E-state index contributed by atoms with van der Waals surface area (Å²) >= 11 is 0. The average Bonchev–Trinajstić information content (AvgIpc) is 2.68. The van der Waals surface area contributed by atoms with Crippen LogP contribution in [0.1, 0.15) is 24.5 Å². The molecule has 0 saturated heterocycles. The Labute approximate surface area is 166 Å². The number of ether oxygens (including phenoxy) is 1. The van der Waals surface area contributed by atoms with Gasteiger partial charge in [-0.1, -0.05) is 24.3 Å². The van der Waals surface area contributed by atoms with E-state index in [0.717, 1.165) is 12.1 Å². The van der Waals surface area contributed by atoms with Gasteiger partial charge in [-0.3, -0.25) is 9.59 Å². The number of hydrogen-bond acceptors (Lipinski definition) is 3. The number of carbonyl (C=O) groups is 2. The molecule has 5 nitrogen and oxygen atoms in total. The summed E-state index contributed by atoms with van der Waals surface area (Å²) in [6, 6.07) is 11.8. The Morgan fingerprint density at radius 1 is 1.14 bits per heavy atom. The molecule has 0 N–H and O–H groups in total. The van der Waals surface area contributed by atoms with Crippen LogP contribution in [0.5, 0.6) is 5.75 Å². The number of amides is 2. The van der Waals surface area contributed by atoms with Crippen molar-refractivity contribution in [2.45, 2.75) is 32.2 Å². The summed E-state index contributed by atoms with van der Waals surface area (Å²) < 4.78 is 43.5. The fraction of sp³-hybridized carbons (Fsp3) is 0.333. The zero-order valence-electron chi connectivity index (χ0n) is 16.1. The molecule has 8 heteroatoms. The van der Waals surface area contributed by atoms with Gasteiger partial charge in [0, 0.05) is 26.6 Å². The van der Waals surface area contributed by atoms with Crippen molar-refractivity contribution in [3.63, 3.8) is 0 Å². The predicted molar refractivity (Wildman–Crippen MR) is 101 cm³/mol. The summed E-state index contributed by atoms with van der Waals surface area (Å²) in [5.41, 5.74) is 0.484. The average molecular weight is 406 g/mol. The second-order valence-electron chi connectivity index (χ2n) is 6.91. The zero-order chi connectivity index (χ0) is 21.2. The number of hydrogen-bond donors (Lipinski definition) is 0. The summed E-state index contributed by atoms with van der Waals surface area (Å²) in [6.07, 6.45) is -4.94. The minimum absolute atomic E-state index is 0.0872. The molecule has 1 unspecified atom stereocenters. The van der Waals surface area contributed by atoms with Gasteiger partial charge in [0.2, 0.25) is 5.91 Å². The Morgan fingerprint density at radius 3 is 2.45 bits per heavy atom. The highest BCUT2D eigenvalue weighted by atomic mass is 19.4. The first kappa shape index (κ1) is 20.7. The first-order valence-electron chi connectivity index (χ1n) is 9.14. The number of halogens is 3. The SMILES string of the molecule is CC1Oc2ccccc2N(CCC(=O)N(C)Cc2ccc(C(F)(F)F)cc2)C1=O. The second kappa shape index (κ2) is 8.14. The molecule has 0 radical (unpaired) electrons. The number of fused-ring (bicyclic) bond motifs is 1. The number of rotatable bonds is 5. The first-order chi connectivity index (χ1) is 13.7. The fourth-order valence-electron chi connectivity index (χ4n) is 3.15. The molecule has 154 valence electrons. The summed E-state index contributed by atoms with van der Waals surface area (Å²) in [6.45, 7) is 2.03. The molecule has 1 aliphatic rings. The highest BCUT2D eigenvalue weighted by Gasteiger charge is 2.32. The molecule has 1 aliphatic heterocycles. The van der Waals surface area contributed by atoms with Crippen molar-refractivity contribution < 1.29 is 27.5 Å². The van der Waals surface area contributed by atoms with E-state index in [4.69, 9.17) is 4.74 Å². The van der Waals surface area contributed by atoms with Gasteiger partial charge in [0.05, 0.1) is 11.3 Å². The molecule has 29 heavy (non-hydrogen) atoms. The summed E-state index contributed by atoms with van der Waals surface area (Å²) in [5, 5.41) is 0. The minimum atomic E-state index is -4.39. The molecule has 0 spiro atoms. The molecular formula is C21H21F3N2O3. The highest BCUT2D eigenvalue weighted by molar-refractivity contribution is 6.00. The number of carbonyl (C=O) groups excluding carboxylic acids is 2. The fourth-order valence-corrected chi connectivity index (χ4v) is 3.15. The van der Waals surface area contributed by atoms with Crippen LogP contribution in [-0.4, -0.2) is 36.4 Å². The molecule has 0 fully saturated rings. The minimum Gasteiger partial charge on any atom is -0.479 e. The quantitative estimate of drug-likeness (QED) is 0.758. The topological polar surface area (TPSA) is 49.9 Å². The van der Waals surface area contributed by atoms with Crippen LogP contribution in [-0.2, 0) is 22.3 Å². The Kier molecular flexibility index (Phi) is 5.81. The van der Waals surface area contributed by atoms with Crippen LogP contribution in [0.15, 0.2) is 48.5 Å². The van der Waals surface area contributed by atoms with Gasteiger partial charge in [0.1, 0.15) is 5.75 Å². The van der Waals surface area contributed by atoms with E-state index in [1.165, 1.54) is 21.9 Å². The van der Waals surface area contributed by atoms with Gasteiger partial charge in [0.25, 0.3) is 5.91 Å². The van der Waals surface area contributed by atoms with Crippen LogP contribution in [0, 0.1) is 0 Å². The van der Waals surface area contributed by atoms with Crippen molar-refractivity contribution in [1.29, 1.82) is 0 Å². The van der Waals surface area contributed by atoms with Crippen molar-refractivity contribution >= 4 is 17.5 Å². The van der Waals surface area contributed by atoms with Gasteiger partial charge in [-0.25, -0.2) is 0 Å². The van der Waals surface area contributed by atoms with E-state index in [0.29, 0.717) is 17.0 Å². The van der Waals surface area contributed by atoms with E-state index in [-0.39, 0.29) is 31.3 Å². The van der Waals surface area contributed by atoms with E-state index >= 15 is 0 Å². The number of anilines is 1. The molecule has 1 atom stereocenters. The highest BCUT2D eigenvalue weighted by Crippen LogP contribution is 2.33. The predicted octanol–water partition coefficient (Wildman–Crippen LogP) is 3.87. The van der Waals surface area contributed by atoms with Crippen molar-refractivity contribution in [3.8, 4) is 5.75 Å². The number of nitrogens with zero attached hydrogens (tertiary/aromatic N) is 2. The van der Waals surface area contributed by atoms with Crippen molar-refractivity contribution in [2.24, 2.45) is 0 Å². The Hall–Kier alpha value is -3.03. The Bertz CT molecular complexity index is 897. The van der Waals surface area contributed by atoms with Gasteiger partial charge in [-0.05, 0) is 36.8 Å². The third kappa shape index (κ3) is 4.70. The third-order valence-corrected chi connectivity index (χ3v) is 4.75. The molecule has 3 rings (SSSR count). The molecule has 2 amide bonds.